The summed E-state index contributed by atoms with van der Waals surface area (Å²) in [4.78, 5) is 0. The molecule has 1 aromatic heterocycles. The van der Waals surface area contributed by atoms with E-state index in [1.165, 1.54) is 10.4 Å². The quantitative estimate of drug-likeness (QED) is 0.597. The summed E-state index contributed by atoms with van der Waals surface area (Å²) in [5.41, 5.74) is 0.449. The molecule has 0 spiro atoms. The van der Waals surface area contributed by atoms with Crippen molar-refractivity contribution in [1.29, 1.82) is 0 Å². The summed E-state index contributed by atoms with van der Waals surface area (Å²) in [7, 11) is -7.75. The maximum absolute atomic E-state index is 12.7. The fourth-order valence-corrected chi connectivity index (χ4v) is 6.79. The van der Waals surface area contributed by atoms with E-state index < -0.39 is 20.0 Å². The van der Waals surface area contributed by atoms with Crippen LogP contribution in [0, 0.1) is 5.92 Å². The molecule has 1 unspecified atom stereocenters. The van der Waals surface area contributed by atoms with Gasteiger partial charge in [0.2, 0.25) is 10.0 Å². The van der Waals surface area contributed by atoms with E-state index in [0.717, 1.165) is 0 Å². The molecule has 24 heavy (non-hydrogen) atoms. The van der Waals surface area contributed by atoms with Crippen LogP contribution in [0.3, 0.4) is 0 Å². The SMILES string of the molecule is CC(C)CNC1CN(CCCO)S(=O)(=O)c2sc(S(N)(=O)=O)cc21. The molecule has 0 saturated heterocycles. The van der Waals surface area contributed by atoms with Crippen molar-refractivity contribution >= 4 is 31.4 Å². The average Bonchev–Trinajstić information content (AvgIpc) is 2.91. The van der Waals surface area contributed by atoms with Crippen LogP contribution in [0.15, 0.2) is 14.5 Å². The van der Waals surface area contributed by atoms with Crippen molar-refractivity contribution in [3.8, 4) is 0 Å². The molecule has 0 aromatic carbocycles. The minimum Gasteiger partial charge on any atom is -0.396 e. The van der Waals surface area contributed by atoms with Crippen LogP contribution < -0.4 is 10.5 Å². The van der Waals surface area contributed by atoms with Gasteiger partial charge in [-0.15, -0.1) is 11.3 Å². The molecule has 0 amide bonds. The highest BCUT2D eigenvalue weighted by Gasteiger charge is 2.39. The minimum absolute atomic E-state index is 0.0111. The Morgan fingerprint density at radius 1 is 1.50 bits per heavy atom. The van der Waals surface area contributed by atoms with Gasteiger partial charge in [-0.05, 0) is 24.9 Å². The molecule has 11 heteroatoms. The molecule has 2 heterocycles. The van der Waals surface area contributed by atoms with Crippen molar-refractivity contribution in [3.63, 3.8) is 0 Å². The molecule has 0 bridgehead atoms. The van der Waals surface area contributed by atoms with Gasteiger partial charge in [0.25, 0.3) is 10.0 Å². The van der Waals surface area contributed by atoms with Crippen LogP contribution in [0.5, 0.6) is 0 Å². The molecule has 2 rings (SSSR count). The lowest BCUT2D eigenvalue weighted by Crippen LogP contribution is -2.44. The number of nitrogens with two attached hydrogens (primary N) is 1. The second-order valence-electron chi connectivity index (χ2n) is 6.15. The third-order valence-corrected chi connectivity index (χ3v) is 8.62. The highest BCUT2D eigenvalue weighted by Crippen LogP contribution is 2.39. The summed E-state index contributed by atoms with van der Waals surface area (Å²) in [5.74, 6) is 0.356. The van der Waals surface area contributed by atoms with Crippen molar-refractivity contribution in [1.82, 2.24) is 9.62 Å². The Kier molecular flexibility index (Phi) is 6.06. The van der Waals surface area contributed by atoms with E-state index in [1.807, 2.05) is 13.8 Å². The van der Waals surface area contributed by atoms with Crippen LogP contribution >= 0.6 is 11.3 Å². The largest absolute Gasteiger partial charge is 0.396 e. The summed E-state index contributed by atoms with van der Waals surface area (Å²) in [6.45, 7) is 4.98. The van der Waals surface area contributed by atoms with Gasteiger partial charge in [0.15, 0.2) is 0 Å². The third-order valence-electron chi connectivity index (χ3n) is 3.66. The number of hydrogen-bond donors (Lipinski definition) is 3. The van der Waals surface area contributed by atoms with Gasteiger partial charge >= 0.3 is 0 Å². The zero-order valence-corrected chi connectivity index (χ0v) is 16.0. The van der Waals surface area contributed by atoms with Gasteiger partial charge < -0.3 is 10.4 Å². The fraction of sp³-hybridized carbons (Fsp3) is 0.692. The number of rotatable bonds is 7. The molecular formula is C13H23N3O5S3. The number of primary sulfonamides is 1. The number of hydrogen-bond acceptors (Lipinski definition) is 7. The lowest BCUT2D eigenvalue weighted by atomic mass is 10.1. The molecule has 1 aliphatic heterocycles. The van der Waals surface area contributed by atoms with Crippen molar-refractivity contribution in [3.05, 3.63) is 11.6 Å². The maximum atomic E-state index is 12.7. The van der Waals surface area contributed by atoms with E-state index in [1.54, 1.807) is 0 Å². The lowest BCUT2D eigenvalue weighted by Gasteiger charge is -2.32. The Hall–Kier alpha value is -0.560. The maximum Gasteiger partial charge on any atom is 0.252 e. The fourth-order valence-electron chi connectivity index (χ4n) is 2.48. The second kappa shape index (κ2) is 7.36. The molecule has 0 fully saturated rings. The van der Waals surface area contributed by atoms with Crippen molar-refractivity contribution < 1.29 is 21.9 Å². The minimum atomic E-state index is -3.97. The van der Waals surface area contributed by atoms with Crippen LogP contribution in [0.2, 0.25) is 0 Å². The summed E-state index contributed by atoms with van der Waals surface area (Å²) in [6.07, 6.45) is 0.318. The number of nitrogens with one attached hydrogen (secondary N) is 1. The first-order valence-electron chi connectivity index (χ1n) is 7.58. The Labute approximate surface area is 146 Å². The van der Waals surface area contributed by atoms with Crippen molar-refractivity contribution in [2.75, 3.05) is 26.2 Å². The molecule has 0 radical (unpaired) electrons. The predicted molar refractivity (Wildman–Crippen MR) is 91.7 cm³/mol. The van der Waals surface area contributed by atoms with Gasteiger partial charge in [0.05, 0.1) is 0 Å². The van der Waals surface area contributed by atoms with Crippen LogP contribution in [0.1, 0.15) is 31.9 Å². The predicted octanol–water partition coefficient (Wildman–Crippen LogP) is 0.0689. The van der Waals surface area contributed by atoms with Gasteiger partial charge in [-0.3, -0.25) is 0 Å². The Bertz CT molecular complexity index is 786. The Balaban J connectivity index is 2.47. The highest BCUT2D eigenvalue weighted by atomic mass is 32.3. The van der Waals surface area contributed by atoms with Crippen molar-refractivity contribution in [2.45, 2.75) is 34.7 Å². The van der Waals surface area contributed by atoms with Gasteiger partial charge in [-0.1, -0.05) is 13.8 Å². The van der Waals surface area contributed by atoms with Gasteiger partial charge in [-0.2, -0.15) is 4.31 Å². The van der Waals surface area contributed by atoms with Crippen LogP contribution in [0.4, 0.5) is 0 Å². The van der Waals surface area contributed by atoms with E-state index in [4.69, 9.17) is 10.2 Å². The van der Waals surface area contributed by atoms with E-state index >= 15 is 0 Å². The van der Waals surface area contributed by atoms with Crippen LogP contribution in [0.25, 0.3) is 0 Å². The van der Waals surface area contributed by atoms with Gasteiger partial charge in [0, 0.05) is 31.3 Å². The topological polar surface area (TPSA) is 130 Å². The first-order valence-corrected chi connectivity index (χ1v) is 11.4. The van der Waals surface area contributed by atoms with Crippen LogP contribution in [-0.4, -0.2) is 52.5 Å². The molecule has 138 valence electrons. The smallest absolute Gasteiger partial charge is 0.252 e. The number of aliphatic hydroxyl groups excluding tert-OH is 1. The standard InChI is InChI=1S/C13H23N3O5S3/c1-9(2)7-15-11-8-16(4-3-5-17)24(20,21)13-10(11)6-12(22-13)23(14,18)19/h6,9,11,15,17H,3-5,7-8H2,1-2H3,(H2,14,18,19). The van der Waals surface area contributed by atoms with E-state index in [2.05, 4.69) is 5.32 Å². The summed E-state index contributed by atoms with van der Waals surface area (Å²) >= 11 is 0.679. The Morgan fingerprint density at radius 3 is 2.71 bits per heavy atom. The number of thiophene rings is 1. The van der Waals surface area contributed by atoms with Crippen LogP contribution in [-0.2, 0) is 20.0 Å². The molecule has 1 atom stereocenters. The van der Waals surface area contributed by atoms with E-state index in [0.29, 0.717) is 35.8 Å². The summed E-state index contributed by atoms with van der Waals surface area (Å²) in [6, 6.07) is 1.05. The van der Waals surface area contributed by atoms with E-state index in [-0.39, 0.29) is 34.2 Å². The molecule has 1 aliphatic rings. The molecule has 0 aliphatic carbocycles. The van der Waals surface area contributed by atoms with Crippen molar-refractivity contribution in [2.24, 2.45) is 11.1 Å². The number of aliphatic hydroxyl groups is 1. The molecule has 8 nitrogen and oxygen atoms in total. The first kappa shape index (κ1) is 19.8. The summed E-state index contributed by atoms with van der Waals surface area (Å²) in [5, 5.41) is 17.4. The van der Waals surface area contributed by atoms with Gasteiger partial charge in [0.1, 0.15) is 8.42 Å². The lowest BCUT2D eigenvalue weighted by molar-refractivity contribution is 0.259. The molecule has 0 saturated carbocycles. The number of fused-ring (bicyclic) bond motifs is 1. The van der Waals surface area contributed by atoms with E-state index in [9.17, 15) is 16.8 Å². The molecule has 4 N–H and O–H groups in total. The Morgan fingerprint density at radius 2 is 2.17 bits per heavy atom. The molecular weight excluding hydrogens is 374 g/mol. The number of sulfonamides is 2. The number of nitrogens with zero attached hydrogens (tertiary/aromatic N) is 1. The summed E-state index contributed by atoms with van der Waals surface area (Å²) < 4.78 is 49.8. The first-order chi connectivity index (χ1) is 11.1. The average molecular weight is 398 g/mol. The monoisotopic (exact) mass is 397 g/mol. The zero-order chi connectivity index (χ0) is 18.1. The zero-order valence-electron chi connectivity index (χ0n) is 13.6. The highest BCUT2D eigenvalue weighted by molar-refractivity contribution is 7.94. The normalized spacial score (nSPS) is 21.1. The third kappa shape index (κ3) is 4.15. The van der Waals surface area contributed by atoms with Gasteiger partial charge in [-0.25, -0.2) is 22.0 Å². The second-order valence-corrected chi connectivity index (χ2v) is 11.1. The molecule has 1 aromatic rings.